The first-order valence-corrected chi connectivity index (χ1v) is 8.05. The fraction of sp³-hybridized carbons (Fsp3) is 0.333. The lowest BCUT2D eigenvalue weighted by atomic mass is 10.2. The van der Waals surface area contributed by atoms with E-state index in [9.17, 15) is 4.79 Å². The van der Waals surface area contributed by atoms with E-state index < -0.39 is 6.03 Å². The van der Waals surface area contributed by atoms with Crippen LogP contribution in [0.25, 0.3) is 0 Å². The molecule has 4 rings (SSSR count). The van der Waals surface area contributed by atoms with Crippen LogP contribution in [0.5, 0.6) is 0 Å². The van der Waals surface area contributed by atoms with Gasteiger partial charge in [0.2, 0.25) is 0 Å². The summed E-state index contributed by atoms with van der Waals surface area (Å²) >= 11 is 0. The Bertz CT molecular complexity index is 870. The van der Waals surface area contributed by atoms with Crippen LogP contribution in [0.15, 0.2) is 31.0 Å². The van der Waals surface area contributed by atoms with Crippen molar-refractivity contribution in [1.82, 2.24) is 34.5 Å². The van der Waals surface area contributed by atoms with Crippen molar-refractivity contribution in [2.24, 2.45) is 0 Å². The van der Waals surface area contributed by atoms with Gasteiger partial charge in [-0.1, -0.05) is 0 Å². The van der Waals surface area contributed by atoms with E-state index in [1.165, 1.54) is 6.33 Å². The van der Waals surface area contributed by atoms with Gasteiger partial charge in [-0.3, -0.25) is 10.00 Å². The number of fused-ring (bicyclic) bond motifs is 1. The molecule has 25 heavy (non-hydrogen) atoms. The predicted molar refractivity (Wildman–Crippen MR) is 89.0 cm³/mol. The number of hydrogen-bond donors (Lipinski definition) is 2. The van der Waals surface area contributed by atoms with Crippen molar-refractivity contribution >= 4 is 17.5 Å². The average molecular weight is 339 g/mol. The molecule has 0 saturated heterocycles. The number of urea groups is 1. The van der Waals surface area contributed by atoms with Crippen molar-refractivity contribution in [2.75, 3.05) is 10.6 Å². The van der Waals surface area contributed by atoms with Crippen molar-refractivity contribution in [3.63, 3.8) is 0 Å². The molecule has 0 saturated carbocycles. The van der Waals surface area contributed by atoms with Gasteiger partial charge in [-0.2, -0.15) is 5.10 Å². The average Bonchev–Trinajstić information content (AvgIpc) is 3.23. The molecule has 3 aromatic heterocycles. The van der Waals surface area contributed by atoms with Gasteiger partial charge in [0.15, 0.2) is 5.82 Å². The maximum Gasteiger partial charge on any atom is 0.324 e. The van der Waals surface area contributed by atoms with Crippen LogP contribution in [0.3, 0.4) is 0 Å². The Balaban J connectivity index is 1.39. The number of carbonyl (C=O) groups is 1. The van der Waals surface area contributed by atoms with E-state index >= 15 is 0 Å². The van der Waals surface area contributed by atoms with Crippen LogP contribution >= 0.6 is 0 Å². The maximum atomic E-state index is 12.0. The second-order valence-corrected chi connectivity index (χ2v) is 5.74. The van der Waals surface area contributed by atoms with Gasteiger partial charge in [0.25, 0.3) is 0 Å². The van der Waals surface area contributed by atoms with Gasteiger partial charge >= 0.3 is 6.03 Å². The van der Waals surface area contributed by atoms with Crippen molar-refractivity contribution in [2.45, 2.75) is 32.4 Å². The number of nitrogens with one attached hydrogen (secondary N) is 2. The lowest BCUT2D eigenvalue weighted by Gasteiger charge is -2.14. The number of rotatable bonds is 4. The third-order valence-corrected chi connectivity index (χ3v) is 3.95. The minimum absolute atomic E-state index is 0.391. The summed E-state index contributed by atoms with van der Waals surface area (Å²) in [4.78, 5) is 19.7. The largest absolute Gasteiger partial charge is 0.324 e. The van der Waals surface area contributed by atoms with Crippen LogP contribution in [-0.2, 0) is 19.5 Å². The Labute approximate surface area is 143 Å². The summed E-state index contributed by atoms with van der Waals surface area (Å²) in [6.07, 6.45) is 9.55. The summed E-state index contributed by atoms with van der Waals surface area (Å²) in [5, 5.41) is 18.1. The zero-order valence-corrected chi connectivity index (χ0v) is 13.5. The molecule has 0 bridgehead atoms. The maximum absolute atomic E-state index is 12.0. The van der Waals surface area contributed by atoms with Crippen molar-refractivity contribution in [1.29, 1.82) is 0 Å². The van der Waals surface area contributed by atoms with Crippen molar-refractivity contribution in [3.8, 4) is 0 Å². The molecule has 2 amide bonds. The molecule has 0 spiro atoms. The zero-order valence-electron chi connectivity index (χ0n) is 13.5. The molecule has 0 atom stereocenters. The Morgan fingerprint density at radius 3 is 3.08 bits per heavy atom. The second kappa shape index (κ2) is 6.67. The molecule has 0 aliphatic carbocycles. The van der Waals surface area contributed by atoms with Crippen molar-refractivity contribution in [3.05, 3.63) is 42.6 Å². The topological polar surface area (TPSA) is 115 Å². The first-order valence-electron chi connectivity index (χ1n) is 8.05. The normalized spacial score (nSPS) is 13.3. The van der Waals surface area contributed by atoms with Gasteiger partial charge in [0, 0.05) is 25.4 Å². The quantitative estimate of drug-likeness (QED) is 0.740. The monoisotopic (exact) mass is 339 g/mol. The molecule has 1 aliphatic heterocycles. The second-order valence-electron chi connectivity index (χ2n) is 5.74. The van der Waals surface area contributed by atoms with Crippen molar-refractivity contribution < 1.29 is 4.79 Å². The van der Waals surface area contributed by atoms with Crippen LogP contribution < -0.4 is 10.6 Å². The van der Waals surface area contributed by atoms with Gasteiger partial charge in [-0.15, -0.1) is 10.2 Å². The number of aryl methyl sites for hydroxylation is 1. The van der Waals surface area contributed by atoms with E-state index in [1.807, 2.05) is 0 Å². The van der Waals surface area contributed by atoms with E-state index in [2.05, 4.69) is 40.5 Å². The molecule has 0 radical (unpaired) electrons. The van der Waals surface area contributed by atoms with Crippen LogP contribution in [0.1, 0.15) is 24.5 Å². The fourth-order valence-electron chi connectivity index (χ4n) is 2.79. The molecule has 0 fully saturated rings. The minimum Gasteiger partial charge on any atom is -0.313 e. The van der Waals surface area contributed by atoms with E-state index in [4.69, 9.17) is 0 Å². The predicted octanol–water partition coefficient (Wildman–Crippen LogP) is 1.29. The first-order chi connectivity index (χ1) is 12.3. The number of aromatic nitrogens is 7. The summed E-state index contributed by atoms with van der Waals surface area (Å²) in [5.74, 6) is 2.35. The first kappa shape index (κ1) is 15.2. The highest BCUT2D eigenvalue weighted by molar-refractivity contribution is 5.98. The lowest BCUT2D eigenvalue weighted by Crippen LogP contribution is -2.19. The molecule has 10 nitrogen and oxygen atoms in total. The molecule has 3 aromatic rings. The van der Waals surface area contributed by atoms with Crippen LogP contribution in [0, 0.1) is 0 Å². The molecule has 1 aliphatic rings. The Kier molecular flexibility index (Phi) is 4.07. The summed E-state index contributed by atoms with van der Waals surface area (Å²) < 4.78 is 3.88. The Morgan fingerprint density at radius 1 is 1.24 bits per heavy atom. The third kappa shape index (κ3) is 3.47. The molecular formula is C15H17N9O. The molecular weight excluding hydrogens is 322 g/mol. The highest BCUT2D eigenvalue weighted by Crippen LogP contribution is 2.15. The van der Waals surface area contributed by atoms with Gasteiger partial charge in [-0.25, -0.2) is 14.8 Å². The Hall–Kier alpha value is -3.30. The number of anilines is 2. The SMILES string of the molecule is O=C(Nc1cnn(Cc2nnc3n2CCCC3)c1)Nc1ccncn1. The fourth-order valence-corrected chi connectivity index (χ4v) is 2.79. The molecule has 4 heterocycles. The van der Waals surface area contributed by atoms with E-state index in [0.29, 0.717) is 18.1 Å². The van der Waals surface area contributed by atoms with Gasteiger partial charge in [-0.05, 0) is 18.9 Å². The third-order valence-electron chi connectivity index (χ3n) is 3.95. The molecule has 2 N–H and O–H groups in total. The van der Waals surface area contributed by atoms with E-state index in [1.54, 1.807) is 29.3 Å². The van der Waals surface area contributed by atoms with Gasteiger partial charge < -0.3 is 9.88 Å². The lowest BCUT2D eigenvalue weighted by molar-refractivity contribution is 0.262. The number of hydrogen-bond acceptors (Lipinski definition) is 6. The number of nitrogens with zero attached hydrogens (tertiary/aromatic N) is 7. The highest BCUT2D eigenvalue weighted by Gasteiger charge is 2.16. The minimum atomic E-state index is -0.391. The number of amides is 2. The van der Waals surface area contributed by atoms with Crippen LogP contribution in [-0.4, -0.2) is 40.5 Å². The number of carbonyl (C=O) groups excluding carboxylic acids is 1. The highest BCUT2D eigenvalue weighted by atomic mass is 16.2. The van der Waals surface area contributed by atoms with Gasteiger partial charge in [0.05, 0.1) is 11.9 Å². The summed E-state index contributed by atoms with van der Waals surface area (Å²) in [6.45, 7) is 1.47. The Morgan fingerprint density at radius 2 is 2.20 bits per heavy atom. The summed E-state index contributed by atoms with van der Waals surface area (Å²) in [6, 6.07) is 1.22. The van der Waals surface area contributed by atoms with Crippen LogP contribution in [0.4, 0.5) is 16.3 Å². The van der Waals surface area contributed by atoms with E-state index in [-0.39, 0.29) is 0 Å². The molecule has 128 valence electrons. The van der Waals surface area contributed by atoms with Crippen LogP contribution in [0.2, 0.25) is 0 Å². The smallest absolute Gasteiger partial charge is 0.313 e. The van der Waals surface area contributed by atoms with Gasteiger partial charge in [0.1, 0.15) is 24.5 Å². The summed E-state index contributed by atoms with van der Waals surface area (Å²) in [5.41, 5.74) is 0.588. The summed E-state index contributed by atoms with van der Waals surface area (Å²) in [7, 11) is 0. The molecule has 0 unspecified atom stereocenters. The molecule has 10 heteroatoms. The molecule has 0 aromatic carbocycles. The van der Waals surface area contributed by atoms with E-state index in [0.717, 1.165) is 37.5 Å². The standard InChI is InChI=1S/C15H17N9O/c25-15(20-12-4-5-16-10-17-12)19-11-7-18-23(8-11)9-14-22-21-13-3-1-2-6-24(13)14/h4-5,7-8,10H,1-3,6,9H2,(H2,16,17,19,20,25). The zero-order chi connectivity index (χ0) is 17.1.